The summed E-state index contributed by atoms with van der Waals surface area (Å²) in [5.74, 6) is 4.86. The lowest BCUT2D eigenvalue weighted by atomic mass is 9.47. The third kappa shape index (κ3) is 12.5. The van der Waals surface area contributed by atoms with Crippen LogP contribution in [0.2, 0.25) is 0 Å². The average Bonchev–Trinajstić information content (AvgIpc) is 3.60. The van der Waals surface area contributed by atoms with Gasteiger partial charge in [-0.1, -0.05) is 78.7 Å². The Balaban J connectivity index is 1.15. The average molecular weight is 831 g/mol. The lowest BCUT2D eigenvalue weighted by Gasteiger charge is -2.58. The molecule has 8 atom stereocenters. The summed E-state index contributed by atoms with van der Waals surface area (Å²) in [4.78, 5) is 36.3. The number of fused-ring (bicyclic) bond motifs is 5. The molecule has 334 valence electrons. The van der Waals surface area contributed by atoms with Gasteiger partial charge in [-0.2, -0.15) is 0 Å². The van der Waals surface area contributed by atoms with Crippen molar-refractivity contribution in [3.8, 4) is 11.5 Å². The molecule has 1 aromatic carbocycles. The molecule has 8 unspecified atom stereocenters. The van der Waals surface area contributed by atoms with E-state index in [0.29, 0.717) is 48.9 Å². The molecule has 0 aliphatic heterocycles. The van der Waals surface area contributed by atoms with Gasteiger partial charge < -0.3 is 23.7 Å². The van der Waals surface area contributed by atoms with Crippen LogP contribution in [0, 0.1) is 46.3 Å². The normalized spacial score (nSPS) is 27.4. The first kappa shape index (κ1) is 47.5. The van der Waals surface area contributed by atoms with Crippen molar-refractivity contribution in [2.24, 2.45) is 46.3 Å². The van der Waals surface area contributed by atoms with Crippen molar-refractivity contribution in [3.63, 3.8) is 0 Å². The van der Waals surface area contributed by atoms with Crippen molar-refractivity contribution in [1.82, 2.24) is 0 Å². The number of benzene rings is 1. The van der Waals surface area contributed by atoms with Crippen molar-refractivity contribution < 1.29 is 38.1 Å². The van der Waals surface area contributed by atoms with Crippen LogP contribution in [0.25, 0.3) is 0 Å². The summed E-state index contributed by atoms with van der Waals surface area (Å²) in [5, 5.41) is 0. The predicted octanol–water partition coefficient (Wildman–Crippen LogP) is 12.6. The zero-order chi connectivity index (χ0) is 43.1. The van der Waals surface area contributed by atoms with Crippen LogP contribution in [0.5, 0.6) is 11.5 Å². The summed E-state index contributed by atoms with van der Waals surface area (Å²) >= 11 is 0. The van der Waals surface area contributed by atoms with Crippen molar-refractivity contribution in [2.75, 3.05) is 26.4 Å². The van der Waals surface area contributed by atoms with Crippen molar-refractivity contribution in [3.05, 3.63) is 60.7 Å². The number of rotatable bonds is 25. The van der Waals surface area contributed by atoms with Gasteiger partial charge in [0, 0.05) is 18.6 Å². The highest BCUT2D eigenvalue weighted by atomic mass is 16.5. The lowest BCUT2D eigenvalue weighted by molar-refractivity contribution is -0.138. The second-order valence-electron chi connectivity index (χ2n) is 19.5. The Morgan fingerprint density at radius 1 is 0.733 bits per heavy atom. The largest absolute Gasteiger partial charge is 0.490 e. The fourth-order valence-corrected chi connectivity index (χ4v) is 11.8. The maximum atomic E-state index is 13.8. The van der Waals surface area contributed by atoms with Gasteiger partial charge in [-0.15, -0.1) is 0 Å². The van der Waals surface area contributed by atoms with Crippen LogP contribution >= 0.6 is 0 Å². The Morgan fingerprint density at radius 3 is 2.00 bits per heavy atom. The van der Waals surface area contributed by atoms with Crippen LogP contribution in [-0.2, 0) is 23.8 Å². The van der Waals surface area contributed by atoms with E-state index in [4.69, 9.17) is 23.7 Å². The van der Waals surface area contributed by atoms with Crippen molar-refractivity contribution in [2.45, 2.75) is 163 Å². The minimum absolute atomic E-state index is 0.129. The van der Waals surface area contributed by atoms with E-state index >= 15 is 0 Å². The van der Waals surface area contributed by atoms with E-state index in [1.807, 2.05) is 6.07 Å². The Morgan fingerprint density at radius 2 is 1.37 bits per heavy atom. The highest BCUT2D eigenvalue weighted by molar-refractivity contribution is 5.90. The zero-order valence-electron chi connectivity index (χ0n) is 37.9. The van der Waals surface area contributed by atoms with Crippen molar-refractivity contribution in [1.29, 1.82) is 0 Å². The molecule has 8 heteroatoms. The molecular formula is C52H78O8. The molecular weight excluding hydrogens is 753 g/mol. The summed E-state index contributed by atoms with van der Waals surface area (Å²) in [6.45, 7) is 21.1. The SMILES string of the molecule is C=CC(=O)OCCCCCCOc1ccc(C(=O)OC2CCC3(C)C(=CCC4C3CCC3(C)C(C(C)CCCC(C)C)CCC43)C2)cc1OCCCCCCOC(=O)C=C. The summed E-state index contributed by atoms with van der Waals surface area (Å²) in [6.07, 6.45) is 25.3. The number of ether oxygens (including phenoxy) is 5. The quantitative estimate of drug-likeness (QED) is 0.0316. The first-order chi connectivity index (χ1) is 28.9. The molecule has 0 spiro atoms. The van der Waals surface area contributed by atoms with Crippen LogP contribution in [0.15, 0.2) is 55.2 Å². The molecule has 0 bridgehead atoms. The van der Waals surface area contributed by atoms with Gasteiger partial charge in [-0.3, -0.25) is 0 Å². The van der Waals surface area contributed by atoms with Crippen LogP contribution in [-0.4, -0.2) is 50.4 Å². The summed E-state index contributed by atoms with van der Waals surface area (Å²) in [5.41, 5.74) is 2.67. The standard InChI is InChI=1S/C52H78O8/c1-8-48(53)58-33-16-12-10-14-31-56-46-26-21-39(35-47(46)57-32-15-11-13-17-34-59-49(54)9-2)50(55)60-41-27-29-51(6)40(36-41)22-23-42-44-25-24-43(38(5)20-18-19-37(3)4)52(44,7)30-28-45(42)51/h8-9,21-22,26,35,37-38,41-45H,1-2,10-20,23-25,27-34,36H2,3-7H3. The number of carbonyl (C=O) groups is 3. The van der Waals surface area contributed by atoms with Crippen molar-refractivity contribution >= 4 is 17.9 Å². The summed E-state index contributed by atoms with van der Waals surface area (Å²) in [6, 6.07) is 5.39. The molecule has 0 aromatic heterocycles. The summed E-state index contributed by atoms with van der Waals surface area (Å²) in [7, 11) is 0. The van der Waals surface area contributed by atoms with Gasteiger partial charge in [0.1, 0.15) is 6.10 Å². The molecule has 0 heterocycles. The van der Waals surface area contributed by atoms with E-state index in [0.717, 1.165) is 106 Å². The third-order valence-electron chi connectivity index (χ3n) is 15.1. The Kier molecular flexibility index (Phi) is 18.2. The number of allylic oxidation sites excluding steroid dienone is 1. The number of hydrogen-bond acceptors (Lipinski definition) is 8. The first-order valence-corrected chi connectivity index (χ1v) is 23.8. The van der Waals surface area contributed by atoms with Crippen LogP contribution in [0.1, 0.15) is 167 Å². The fourth-order valence-electron chi connectivity index (χ4n) is 11.8. The molecule has 4 aliphatic carbocycles. The van der Waals surface area contributed by atoms with Gasteiger partial charge in [-0.05, 0) is 161 Å². The number of unbranched alkanes of at least 4 members (excludes halogenated alkanes) is 6. The number of hydrogen-bond donors (Lipinski definition) is 0. The number of esters is 3. The Bertz CT molecular complexity index is 1610. The van der Waals surface area contributed by atoms with E-state index in [1.165, 1.54) is 69.1 Å². The molecule has 8 nitrogen and oxygen atoms in total. The van der Waals surface area contributed by atoms with E-state index in [-0.39, 0.29) is 17.5 Å². The maximum Gasteiger partial charge on any atom is 0.338 e. The van der Waals surface area contributed by atoms with Gasteiger partial charge in [0.15, 0.2) is 11.5 Å². The molecule has 5 rings (SSSR count). The first-order valence-electron chi connectivity index (χ1n) is 23.8. The van der Waals surface area contributed by atoms with E-state index < -0.39 is 11.9 Å². The molecule has 60 heavy (non-hydrogen) atoms. The topological polar surface area (TPSA) is 97.4 Å². The van der Waals surface area contributed by atoms with Gasteiger partial charge in [0.05, 0.1) is 32.0 Å². The van der Waals surface area contributed by atoms with Crippen LogP contribution < -0.4 is 9.47 Å². The van der Waals surface area contributed by atoms with Gasteiger partial charge in [0.25, 0.3) is 0 Å². The van der Waals surface area contributed by atoms with Gasteiger partial charge in [-0.25, -0.2) is 14.4 Å². The summed E-state index contributed by atoms with van der Waals surface area (Å²) < 4.78 is 28.9. The highest BCUT2D eigenvalue weighted by Gasteiger charge is 2.59. The highest BCUT2D eigenvalue weighted by Crippen LogP contribution is 2.67. The van der Waals surface area contributed by atoms with Gasteiger partial charge in [0.2, 0.25) is 0 Å². The minimum Gasteiger partial charge on any atom is -0.490 e. The second kappa shape index (κ2) is 23.1. The Labute approximate surface area is 362 Å². The fraction of sp³-hybridized carbons (Fsp3) is 0.712. The van der Waals surface area contributed by atoms with Crippen LogP contribution in [0.4, 0.5) is 0 Å². The predicted molar refractivity (Wildman–Crippen MR) is 239 cm³/mol. The molecule has 0 radical (unpaired) electrons. The molecule has 0 amide bonds. The number of carbonyl (C=O) groups excluding carboxylic acids is 3. The maximum absolute atomic E-state index is 13.8. The molecule has 0 N–H and O–H groups in total. The Hall–Kier alpha value is -3.55. The monoisotopic (exact) mass is 831 g/mol. The van der Waals surface area contributed by atoms with E-state index in [9.17, 15) is 14.4 Å². The minimum atomic E-state index is -0.397. The smallest absolute Gasteiger partial charge is 0.338 e. The van der Waals surface area contributed by atoms with Crippen LogP contribution in [0.3, 0.4) is 0 Å². The lowest BCUT2D eigenvalue weighted by Crippen LogP contribution is -2.51. The van der Waals surface area contributed by atoms with E-state index in [1.54, 1.807) is 12.1 Å². The second-order valence-corrected chi connectivity index (χ2v) is 19.5. The zero-order valence-corrected chi connectivity index (χ0v) is 37.9. The third-order valence-corrected chi connectivity index (χ3v) is 15.1. The molecule has 0 saturated heterocycles. The van der Waals surface area contributed by atoms with E-state index in [2.05, 4.69) is 53.9 Å². The molecule has 1 aromatic rings. The van der Waals surface area contributed by atoms with Gasteiger partial charge >= 0.3 is 17.9 Å². The molecule has 4 aliphatic rings. The molecule has 3 saturated carbocycles. The molecule has 3 fully saturated rings.